The van der Waals surface area contributed by atoms with E-state index in [0.29, 0.717) is 11.7 Å². The first-order valence-corrected chi connectivity index (χ1v) is 7.83. The van der Waals surface area contributed by atoms with Crippen LogP contribution in [-0.2, 0) is 14.3 Å². The summed E-state index contributed by atoms with van der Waals surface area (Å²) >= 11 is 0. The van der Waals surface area contributed by atoms with E-state index in [9.17, 15) is 4.79 Å². The van der Waals surface area contributed by atoms with Crippen LogP contribution < -0.4 is 4.90 Å². The summed E-state index contributed by atoms with van der Waals surface area (Å²) in [7, 11) is 3.35. The van der Waals surface area contributed by atoms with Gasteiger partial charge < -0.3 is 23.7 Å². The molecule has 6 heteroatoms. The van der Waals surface area contributed by atoms with Crippen LogP contribution in [-0.4, -0.2) is 45.0 Å². The van der Waals surface area contributed by atoms with Crippen molar-refractivity contribution in [1.82, 2.24) is 5.16 Å². The highest BCUT2D eigenvalue weighted by molar-refractivity contribution is 5.61. The number of rotatable bonds is 7. The van der Waals surface area contributed by atoms with Crippen LogP contribution in [0, 0.1) is 11.8 Å². The summed E-state index contributed by atoms with van der Waals surface area (Å²) in [5.74, 6) is 1.83. The van der Waals surface area contributed by atoms with Crippen LogP contribution >= 0.6 is 0 Å². The molecule has 1 aromatic rings. The van der Waals surface area contributed by atoms with E-state index < -0.39 is 0 Å². The standard InChI is InChI=1S/C16H26N2O4/c1-11(2)13(10-19)14-9-15(17-22-14)18-7-5-12(6-8-18)16(20-3)21-4/h9-13,16H,5-8H2,1-4H3/t13-/m0/s1. The van der Waals surface area contributed by atoms with Crippen molar-refractivity contribution in [2.24, 2.45) is 11.8 Å². The second-order valence-electron chi connectivity index (χ2n) is 6.16. The number of carbonyl (C=O) groups excluding carboxylic acids is 1. The molecular formula is C16H26N2O4. The highest BCUT2D eigenvalue weighted by Crippen LogP contribution is 2.29. The van der Waals surface area contributed by atoms with Gasteiger partial charge in [-0.1, -0.05) is 19.0 Å². The third-order valence-corrected chi connectivity index (χ3v) is 4.42. The van der Waals surface area contributed by atoms with Gasteiger partial charge in [-0.25, -0.2) is 0 Å². The molecule has 0 N–H and O–H groups in total. The highest BCUT2D eigenvalue weighted by atomic mass is 16.7. The number of hydrogen-bond acceptors (Lipinski definition) is 6. The Hall–Kier alpha value is -1.40. The fourth-order valence-corrected chi connectivity index (χ4v) is 3.02. The van der Waals surface area contributed by atoms with Gasteiger partial charge in [0.25, 0.3) is 0 Å². The predicted octanol–water partition coefficient (Wildman–Crippen LogP) is 2.45. The summed E-state index contributed by atoms with van der Waals surface area (Å²) in [4.78, 5) is 13.4. The molecule has 1 aromatic heterocycles. The lowest BCUT2D eigenvalue weighted by molar-refractivity contribution is -0.141. The molecule has 0 spiro atoms. The van der Waals surface area contributed by atoms with E-state index >= 15 is 0 Å². The molecule has 0 saturated carbocycles. The van der Waals surface area contributed by atoms with Crippen LogP contribution in [0.5, 0.6) is 0 Å². The Morgan fingerprint density at radius 1 is 1.32 bits per heavy atom. The largest absolute Gasteiger partial charge is 0.358 e. The zero-order valence-electron chi connectivity index (χ0n) is 13.8. The van der Waals surface area contributed by atoms with E-state index in [1.165, 1.54) is 0 Å². The van der Waals surface area contributed by atoms with Crippen LogP contribution in [0.1, 0.15) is 38.4 Å². The van der Waals surface area contributed by atoms with Crippen molar-refractivity contribution >= 4 is 12.1 Å². The highest BCUT2D eigenvalue weighted by Gasteiger charge is 2.28. The number of aldehydes is 1. The molecule has 1 saturated heterocycles. The monoisotopic (exact) mass is 310 g/mol. The number of carbonyl (C=O) groups is 1. The second kappa shape index (κ2) is 7.74. The molecule has 0 amide bonds. The molecule has 0 bridgehead atoms. The zero-order chi connectivity index (χ0) is 16.1. The maximum absolute atomic E-state index is 11.2. The van der Waals surface area contributed by atoms with Gasteiger partial charge in [0.05, 0.1) is 5.92 Å². The van der Waals surface area contributed by atoms with Crippen molar-refractivity contribution in [2.75, 3.05) is 32.2 Å². The topological polar surface area (TPSA) is 64.8 Å². The van der Waals surface area contributed by atoms with E-state index in [1.807, 2.05) is 19.9 Å². The maximum atomic E-state index is 11.2. The van der Waals surface area contributed by atoms with Crippen LogP contribution in [0.15, 0.2) is 10.6 Å². The van der Waals surface area contributed by atoms with Gasteiger partial charge in [0.1, 0.15) is 12.0 Å². The Morgan fingerprint density at radius 3 is 2.45 bits per heavy atom. The van der Waals surface area contributed by atoms with Crippen molar-refractivity contribution in [3.8, 4) is 0 Å². The van der Waals surface area contributed by atoms with E-state index in [4.69, 9.17) is 14.0 Å². The fourth-order valence-electron chi connectivity index (χ4n) is 3.02. The van der Waals surface area contributed by atoms with E-state index in [0.717, 1.165) is 38.0 Å². The molecule has 1 atom stereocenters. The van der Waals surface area contributed by atoms with Gasteiger partial charge in [-0.05, 0) is 18.8 Å². The van der Waals surface area contributed by atoms with Gasteiger partial charge in [-0.15, -0.1) is 0 Å². The quantitative estimate of drug-likeness (QED) is 0.569. The van der Waals surface area contributed by atoms with Crippen molar-refractivity contribution in [3.05, 3.63) is 11.8 Å². The number of anilines is 1. The second-order valence-corrected chi connectivity index (χ2v) is 6.16. The lowest BCUT2D eigenvalue weighted by atomic mass is 9.94. The fraction of sp³-hybridized carbons (Fsp3) is 0.750. The van der Waals surface area contributed by atoms with E-state index in [-0.39, 0.29) is 18.1 Å². The summed E-state index contributed by atoms with van der Waals surface area (Å²) in [6.45, 7) is 5.77. The summed E-state index contributed by atoms with van der Waals surface area (Å²) in [6.07, 6.45) is 2.75. The maximum Gasteiger partial charge on any atom is 0.172 e. The van der Waals surface area contributed by atoms with Gasteiger partial charge in [-0.2, -0.15) is 0 Å². The zero-order valence-corrected chi connectivity index (χ0v) is 13.8. The Bertz CT molecular complexity index is 462. The van der Waals surface area contributed by atoms with Crippen LogP contribution in [0.2, 0.25) is 0 Å². The Labute approximate surface area is 131 Å². The average molecular weight is 310 g/mol. The smallest absolute Gasteiger partial charge is 0.172 e. The summed E-state index contributed by atoms with van der Waals surface area (Å²) in [5.41, 5.74) is 0. The van der Waals surface area contributed by atoms with E-state index in [1.54, 1.807) is 14.2 Å². The van der Waals surface area contributed by atoms with Crippen molar-refractivity contribution in [3.63, 3.8) is 0 Å². The van der Waals surface area contributed by atoms with Crippen LogP contribution in [0.3, 0.4) is 0 Å². The molecule has 22 heavy (non-hydrogen) atoms. The molecule has 1 aliphatic rings. The van der Waals surface area contributed by atoms with Crippen LogP contribution in [0.25, 0.3) is 0 Å². The number of aromatic nitrogens is 1. The molecule has 2 rings (SSSR count). The molecular weight excluding hydrogens is 284 g/mol. The third-order valence-electron chi connectivity index (χ3n) is 4.42. The van der Waals surface area contributed by atoms with Gasteiger partial charge in [0.15, 0.2) is 12.1 Å². The van der Waals surface area contributed by atoms with Gasteiger partial charge in [0, 0.05) is 39.3 Å². The van der Waals surface area contributed by atoms with Crippen molar-refractivity contribution < 1.29 is 18.8 Å². The Kier molecular flexibility index (Phi) is 5.97. The third kappa shape index (κ3) is 3.67. The number of nitrogens with zero attached hydrogens (tertiary/aromatic N) is 2. The lowest BCUT2D eigenvalue weighted by Crippen LogP contribution is -2.39. The summed E-state index contributed by atoms with van der Waals surface area (Å²) in [5, 5.41) is 4.13. The molecule has 0 unspecified atom stereocenters. The van der Waals surface area contributed by atoms with E-state index in [2.05, 4.69) is 10.1 Å². The molecule has 1 fully saturated rings. The predicted molar refractivity (Wildman–Crippen MR) is 82.9 cm³/mol. The number of hydrogen-bond donors (Lipinski definition) is 0. The Balaban J connectivity index is 1.97. The minimum absolute atomic E-state index is 0.143. The van der Waals surface area contributed by atoms with Crippen LogP contribution in [0.4, 0.5) is 5.82 Å². The average Bonchev–Trinajstić information content (AvgIpc) is 2.99. The number of ether oxygens (including phenoxy) is 2. The minimum atomic E-state index is -0.231. The summed E-state index contributed by atoms with van der Waals surface area (Å²) < 4.78 is 16.1. The van der Waals surface area contributed by atoms with Gasteiger partial charge in [-0.3, -0.25) is 0 Å². The number of piperidine rings is 1. The van der Waals surface area contributed by atoms with Gasteiger partial charge >= 0.3 is 0 Å². The molecule has 1 aliphatic heterocycles. The Morgan fingerprint density at radius 2 is 1.95 bits per heavy atom. The normalized spacial score (nSPS) is 18.2. The molecule has 2 heterocycles. The number of methoxy groups -OCH3 is 2. The first-order chi connectivity index (χ1) is 10.6. The summed E-state index contributed by atoms with van der Waals surface area (Å²) in [6, 6.07) is 1.89. The van der Waals surface area contributed by atoms with Crippen molar-refractivity contribution in [1.29, 1.82) is 0 Å². The first kappa shape index (κ1) is 17.0. The lowest BCUT2D eigenvalue weighted by Gasteiger charge is -2.34. The molecule has 124 valence electrons. The van der Waals surface area contributed by atoms with Crippen molar-refractivity contribution in [2.45, 2.75) is 38.9 Å². The molecule has 6 nitrogen and oxygen atoms in total. The van der Waals surface area contributed by atoms with Gasteiger partial charge in [0.2, 0.25) is 0 Å². The molecule has 0 aliphatic carbocycles. The molecule has 0 radical (unpaired) electrons. The first-order valence-electron chi connectivity index (χ1n) is 7.83. The minimum Gasteiger partial charge on any atom is -0.358 e. The molecule has 0 aromatic carbocycles. The SMILES string of the molecule is COC(OC)C1CCN(c2cc([C@@H](C=O)C(C)C)on2)CC1.